The van der Waals surface area contributed by atoms with E-state index in [0.29, 0.717) is 31.5 Å². The van der Waals surface area contributed by atoms with E-state index in [1.54, 1.807) is 0 Å². The fraction of sp³-hybridized carbons (Fsp3) is 0.822. The molecule has 332 valence electrons. The number of unbranched alkanes of at least 4 members (excludes halogenated alkanes) is 16. The zero-order valence-electron chi connectivity index (χ0n) is 35.9. The highest BCUT2D eigenvalue weighted by atomic mass is 31.2. The van der Waals surface area contributed by atoms with Gasteiger partial charge in [-0.2, -0.15) is 0 Å². The first kappa shape index (κ1) is 53.2. The molecule has 3 N–H and O–H groups in total. The first-order valence-electron chi connectivity index (χ1n) is 22.4. The first-order chi connectivity index (χ1) is 27.6. The van der Waals surface area contributed by atoms with Gasteiger partial charge in [0.2, 0.25) is 0 Å². The number of ether oxygens (including phenoxy) is 3. The summed E-state index contributed by atoms with van der Waals surface area (Å²) in [7, 11) is -4.63. The maximum atomic E-state index is 12.6. The summed E-state index contributed by atoms with van der Waals surface area (Å²) < 4.78 is 38.4. The van der Waals surface area contributed by atoms with Gasteiger partial charge >= 0.3 is 19.8 Å². The van der Waals surface area contributed by atoms with Crippen LogP contribution in [-0.2, 0) is 37.4 Å². The highest BCUT2D eigenvalue weighted by molar-refractivity contribution is 7.47. The summed E-state index contributed by atoms with van der Waals surface area (Å²) in [5, 5.41) is 18.3. The lowest BCUT2D eigenvalue weighted by molar-refractivity contribution is -0.161. The van der Waals surface area contributed by atoms with E-state index in [2.05, 4.69) is 55.7 Å². The molecule has 1 fully saturated rings. The van der Waals surface area contributed by atoms with Crippen molar-refractivity contribution >= 4 is 19.8 Å². The third kappa shape index (κ3) is 34.7. The number of carbonyl (C=O) groups excluding carboxylic acids is 2. The summed E-state index contributed by atoms with van der Waals surface area (Å²) in [6, 6.07) is 0. The number of aliphatic hydroxyl groups is 2. The van der Waals surface area contributed by atoms with E-state index in [1.807, 2.05) is 6.08 Å². The topological polar surface area (TPSA) is 161 Å². The maximum Gasteiger partial charge on any atom is 0.472 e. The van der Waals surface area contributed by atoms with Crippen molar-refractivity contribution in [1.82, 2.24) is 0 Å². The monoisotopic (exact) mass is 829 g/mol. The van der Waals surface area contributed by atoms with Gasteiger partial charge in [-0.3, -0.25) is 18.6 Å². The fourth-order valence-corrected chi connectivity index (χ4v) is 7.06. The van der Waals surface area contributed by atoms with Crippen LogP contribution < -0.4 is 0 Å². The van der Waals surface area contributed by atoms with Crippen molar-refractivity contribution in [2.75, 3.05) is 26.4 Å². The molecule has 0 spiro atoms. The molecule has 1 aliphatic heterocycles. The van der Waals surface area contributed by atoms with Crippen molar-refractivity contribution in [2.45, 2.75) is 206 Å². The van der Waals surface area contributed by atoms with Crippen LogP contribution in [0.2, 0.25) is 0 Å². The van der Waals surface area contributed by atoms with Gasteiger partial charge in [-0.15, -0.1) is 0 Å². The Hall–Kier alpha value is -1.85. The molecule has 1 saturated heterocycles. The van der Waals surface area contributed by atoms with Gasteiger partial charge in [-0.1, -0.05) is 154 Å². The Morgan fingerprint density at radius 3 is 1.81 bits per heavy atom. The Kier molecular flexibility index (Phi) is 33.6. The van der Waals surface area contributed by atoms with E-state index < -0.39 is 51.8 Å². The molecule has 0 aromatic carbocycles. The lowest BCUT2D eigenvalue weighted by atomic mass is 10.0. The highest BCUT2D eigenvalue weighted by Crippen LogP contribution is 2.43. The Bertz CT molecular complexity index is 1120. The molecule has 0 saturated carbocycles. The number of hydrogen-bond acceptors (Lipinski definition) is 10. The number of phosphoric ester groups is 1. The van der Waals surface area contributed by atoms with Crippen LogP contribution in [0.1, 0.15) is 181 Å². The molecule has 11 nitrogen and oxygen atoms in total. The van der Waals surface area contributed by atoms with Gasteiger partial charge in [0, 0.05) is 12.8 Å². The number of aliphatic hydroxyl groups excluding tert-OH is 2. The summed E-state index contributed by atoms with van der Waals surface area (Å²) in [5.74, 6) is -0.183. The second-order valence-electron chi connectivity index (χ2n) is 15.9. The number of esters is 2. The molecule has 1 rings (SSSR count). The van der Waals surface area contributed by atoms with Gasteiger partial charge in [0.1, 0.15) is 12.7 Å². The van der Waals surface area contributed by atoms with Gasteiger partial charge < -0.3 is 29.3 Å². The zero-order chi connectivity index (χ0) is 41.8. The van der Waals surface area contributed by atoms with Crippen molar-refractivity contribution in [3.63, 3.8) is 0 Å². The predicted molar refractivity (Wildman–Crippen MR) is 228 cm³/mol. The minimum Gasteiger partial charge on any atom is -0.462 e. The Labute approximate surface area is 346 Å². The quantitative estimate of drug-likeness (QED) is 0.0177. The summed E-state index contributed by atoms with van der Waals surface area (Å²) >= 11 is 0. The van der Waals surface area contributed by atoms with E-state index in [0.717, 1.165) is 50.9 Å². The lowest BCUT2D eigenvalue weighted by Crippen LogP contribution is -2.29. The molecule has 0 aliphatic carbocycles. The molecule has 0 radical (unpaired) electrons. The van der Waals surface area contributed by atoms with Gasteiger partial charge in [-0.05, 0) is 57.3 Å². The minimum absolute atomic E-state index is 0.161. The molecular formula is C45H81O11P. The molecule has 1 heterocycles. The maximum absolute atomic E-state index is 12.6. The largest absolute Gasteiger partial charge is 0.472 e. The number of rotatable bonds is 40. The van der Waals surface area contributed by atoms with E-state index in [4.69, 9.17) is 23.8 Å². The van der Waals surface area contributed by atoms with E-state index >= 15 is 0 Å². The average molecular weight is 829 g/mol. The van der Waals surface area contributed by atoms with Crippen molar-refractivity contribution in [2.24, 2.45) is 5.92 Å². The molecule has 5 atom stereocenters. The highest BCUT2D eigenvalue weighted by Gasteiger charge is 2.36. The fourth-order valence-electron chi connectivity index (χ4n) is 6.27. The third-order valence-electron chi connectivity index (χ3n) is 9.88. The summed E-state index contributed by atoms with van der Waals surface area (Å²) in [6.07, 6.45) is 37.2. The Morgan fingerprint density at radius 1 is 0.667 bits per heavy atom. The normalized spacial score (nSPS) is 17.8. The number of carbonyl (C=O) groups is 2. The van der Waals surface area contributed by atoms with Crippen molar-refractivity contribution in [1.29, 1.82) is 0 Å². The molecule has 0 bridgehead atoms. The molecule has 12 heteroatoms. The smallest absolute Gasteiger partial charge is 0.462 e. The van der Waals surface area contributed by atoms with Crippen LogP contribution in [0, 0.1) is 5.92 Å². The molecule has 3 unspecified atom stereocenters. The van der Waals surface area contributed by atoms with Gasteiger partial charge in [0.25, 0.3) is 0 Å². The lowest BCUT2D eigenvalue weighted by Gasteiger charge is -2.20. The van der Waals surface area contributed by atoms with E-state index in [9.17, 15) is 24.2 Å². The van der Waals surface area contributed by atoms with Crippen LogP contribution in [0.5, 0.6) is 0 Å². The van der Waals surface area contributed by atoms with Crippen LogP contribution in [0.3, 0.4) is 0 Å². The van der Waals surface area contributed by atoms with Gasteiger partial charge in [-0.25, -0.2) is 4.57 Å². The molecule has 0 aromatic heterocycles. The Morgan fingerprint density at radius 2 is 1.19 bits per heavy atom. The van der Waals surface area contributed by atoms with Crippen molar-refractivity contribution in [3.05, 3.63) is 36.5 Å². The molecule has 57 heavy (non-hydrogen) atoms. The molecule has 1 aliphatic rings. The second kappa shape index (κ2) is 36.0. The predicted octanol–water partition coefficient (Wildman–Crippen LogP) is 10.8. The summed E-state index contributed by atoms with van der Waals surface area (Å²) in [4.78, 5) is 35.0. The van der Waals surface area contributed by atoms with Crippen LogP contribution in [0.15, 0.2) is 36.5 Å². The van der Waals surface area contributed by atoms with E-state index in [-0.39, 0.29) is 19.4 Å². The van der Waals surface area contributed by atoms with Crippen molar-refractivity contribution in [3.8, 4) is 0 Å². The van der Waals surface area contributed by atoms with E-state index in [1.165, 1.54) is 83.5 Å². The number of phosphoric acid groups is 1. The SMILES string of the molecule is CCCCC/C=C\CC1OC1C/C=C\C/C=C\CCCC(=O)OC[C@H](COP(=O)(O)OC[C@@H](O)CO)OC(=O)CCCCCCCCCCCCCCCC(C)C. The van der Waals surface area contributed by atoms with Gasteiger partial charge in [0.15, 0.2) is 6.10 Å². The third-order valence-corrected chi connectivity index (χ3v) is 10.8. The summed E-state index contributed by atoms with van der Waals surface area (Å²) in [6.45, 7) is 4.61. The zero-order valence-corrected chi connectivity index (χ0v) is 36.8. The first-order valence-corrected chi connectivity index (χ1v) is 23.9. The number of epoxide rings is 1. The van der Waals surface area contributed by atoms with Crippen LogP contribution in [-0.4, -0.2) is 77.9 Å². The minimum atomic E-state index is -4.63. The summed E-state index contributed by atoms with van der Waals surface area (Å²) in [5.41, 5.74) is 0. The molecule has 0 amide bonds. The number of allylic oxidation sites excluding steroid dienone is 4. The second-order valence-corrected chi connectivity index (χ2v) is 17.4. The van der Waals surface area contributed by atoms with Crippen LogP contribution >= 0.6 is 7.82 Å². The van der Waals surface area contributed by atoms with Crippen LogP contribution in [0.25, 0.3) is 0 Å². The standard InChI is InChI=1S/C45H81O11P/c1-4-5-6-7-21-26-31-42-43(56-42)32-27-22-17-15-19-23-28-33-44(48)52-37-41(38-54-57(50,51)53-36-40(47)35-46)55-45(49)34-29-24-18-14-12-10-8-9-11-13-16-20-25-30-39(2)3/h15,19,21-22,26-27,39-43,46-47H,4-14,16-18,20,23-25,28-38H2,1-3H3,(H,50,51)/b19-15-,26-21-,27-22-/t40-,41+,42?,43?/m0/s1. The Balaban J connectivity index is 2.27. The molecular weight excluding hydrogens is 747 g/mol. The van der Waals surface area contributed by atoms with Crippen molar-refractivity contribution < 1.29 is 52.5 Å². The van der Waals surface area contributed by atoms with Crippen LogP contribution in [0.4, 0.5) is 0 Å². The molecule has 0 aromatic rings. The van der Waals surface area contributed by atoms with Gasteiger partial charge in [0.05, 0.1) is 32.0 Å². The average Bonchev–Trinajstić information content (AvgIpc) is 3.94. The number of hydrogen-bond donors (Lipinski definition) is 3.